The van der Waals surface area contributed by atoms with Crippen LogP contribution in [0.4, 0.5) is 0 Å². The minimum Gasteiger partial charge on any atom is -0.211 e. The molecule has 0 bridgehead atoms. The van der Waals surface area contributed by atoms with Crippen molar-refractivity contribution in [3.05, 3.63) is 65.7 Å². The molecule has 4 rings (SSSR count). The third kappa shape index (κ3) is 3.21. The highest BCUT2D eigenvalue weighted by Crippen LogP contribution is 2.53. The molecule has 2 aromatic rings. The average Bonchev–Trinajstić information content (AvgIpc) is 2.66. The lowest BCUT2D eigenvalue weighted by Gasteiger charge is -2.51. The maximum absolute atomic E-state index is 13.3. The van der Waals surface area contributed by atoms with Crippen molar-refractivity contribution in [1.29, 1.82) is 0 Å². The first-order valence-electron chi connectivity index (χ1n) is 9.38. The summed E-state index contributed by atoms with van der Waals surface area (Å²) in [6.07, 6.45) is 5.47. The molecule has 1 saturated carbocycles. The van der Waals surface area contributed by atoms with Crippen molar-refractivity contribution in [3.8, 4) is 0 Å². The molecule has 0 radical (unpaired) electrons. The minimum atomic E-state index is -3.28. The Balaban J connectivity index is 1.71. The molecule has 2 fully saturated rings. The zero-order valence-electron chi connectivity index (χ0n) is 15.0. The lowest BCUT2D eigenvalue weighted by Crippen LogP contribution is -2.60. The van der Waals surface area contributed by atoms with Crippen LogP contribution in [0.1, 0.15) is 49.3 Å². The van der Waals surface area contributed by atoms with E-state index in [-0.39, 0.29) is 12.1 Å². The van der Waals surface area contributed by atoms with Gasteiger partial charge in [0, 0.05) is 10.9 Å². The van der Waals surface area contributed by atoms with E-state index in [4.69, 9.17) is 0 Å². The summed E-state index contributed by atoms with van der Waals surface area (Å²) in [6.45, 7) is 2.09. The number of benzene rings is 2. The zero-order valence-corrected chi connectivity index (χ0v) is 16.7. The number of thioether (sulfide) groups is 1. The van der Waals surface area contributed by atoms with Crippen LogP contribution in [0.5, 0.6) is 0 Å². The van der Waals surface area contributed by atoms with E-state index in [1.54, 1.807) is 0 Å². The van der Waals surface area contributed by atoms with E-state index in [1.807, 2.05) is 46.8 Å². The average molecular weight is 388 g/mol. The van der Waals surface area contributed by atoms with Crippen molar-refractivity contribution in [3.63, 3.8) is 0 Å². The minimum absolute atomic E-state index is 0.0606. The Morgan fingerprint density at radius 3 is 2.27 bits per heavy atom. The zero-order chi connectivity index (χ0) is 18.1. The predicted molar refractivity (Wildman–Crippen MR) is 108 cm³/mol. The van der Waals surface area contributed by atoms with Crippen LogP contribution < -0.4 is 0 Å². The number of aryl methyl sites for hydroxylation is 1. The van der Waals surface area contributed by atoms with Gasteiger partial charge in [-0.05, 0) is 43.0 Å². The molecule has 2 aliphatic rings. The summed E-state index contributed by atoms with van der Waals surface area (Å²) in [5.41, 5.74) is 2.33. The Morgan fingerprint density at radius 1 is 0.923 bits per heavy atom. The van der Waals surface area contributed by atoms with Gasteiger partial charge in [0.05, 0.1) is 6.04 Å². The molecule has 138 valence electrons. The maximum Gasteiger partial charge on any atom is 0.229 e. The monoisotopic (exact) mass is 387 g/mol. The maximum atomic E-state index is 13.3. The van der Waals surface area contributed by atoms with E-state index in [1.165, 1.54) is 23.7 Å². The first-order chi connectivity index (χ1) is 12.6. The molecule has 0 unspecified atom stereocenters. The van der Waals surface area contributed by atoms with Gasteiger partial charge in [0.1, 0.15) is 4.58 Å². The van der Waals surface area contributed by atoms with Gasteiger partial charge in [-0.15, -0.1) is 11.8 Å². The van der Waals surface area contributed by atoms with Gasteiger partial charge in [0.25, 0.3) is 0 Å². The second kappa shape index (κ2) is 7.37. The Bertz CT molecular complexity index is 861. The van der Waals surface area contributed by atoms with Crippen LogP contribution in [-0.4, -0.2) is 23.3 Å². The van der Waals surface area contributed by atoms with E-state index in [9.17, 15) is 8.42 Å². The molecule has 5 heteroatoms. The molecule has 1 aliphatic carbocycles. The molecule has 3 nitrogen and oxygen atoms in total. The molecule has 0 aromatic heterocycles. The fourth-order valence-electron chi connectivity index (χ4n) is 4.23. The smallest absolute Gasteiger partial charge is 0.211 e. The van der Waals surface area contributed by atoms with E-state index in [0.717, 1.165) is 36.1 Å². The Labute approximate surface area is 160 Å². The normalized spacial score (nSPS) is 26.3. The van der Waals surface area contributed by atoms with Crippen molar-refractivity contribution in [2.75, 3.05) is 0 Å². The van der Waals surface area contributed by atoms with Gasteiger partial charge in [-0.3, -0.25) is 0 Å². The largest absolute Gasteiger partial charge is 0.229 e. The molecule has 0 spiro atoms. The van der Waals surface area contributed by atoms with Gasteiger partial charge in [-0.1, -0.05) is 61.7 Å². The molecule has 2 atom stereocenters. The van der Waals surface area contributed by atoms with E-state index >= 15 is 0 Å². The summed E-state index contributed by atoms with van der Waals surface area (Å²) >= 11 is 1.49. The van der Waals surface area contributed by atoms with Crippen molar-refractivity contribution in [1.82, 2.24) is 4.31 Å². The van der Waals surface area contributed by atoms with Gasteiger partial charge in [0.15, 0.2) is 0 Å². The molecule has 1 aliphatic heterocycles. The third-order valence-electron chi connectivity index (χ3n) is 5.56. The molecular formula is C21H25NO2S2. The van der Waals surface area contributed by atoms with Gasteiger partial charge >= 0.3 is 0 Å². The highest BCUT2D eigenvalue weighted by molar-refractivity contribution is 8.13. The van der Waals surface area contributed by atoms with Crippen LogP contribution in [0.3, 0.4) is 0 Å². The standard InChI is InChI=1S/C21H25NO2S2/c1-16-10-8-9-15-19(16)20-21(25-18-13-6-3-7-14-18)26(23,24)22(20)17-11-4-2-5-12-17/h3,6-10,13-15,17,20-21H,2,4-5,11-12H2,1H3/t20-,21-/m1/s1. The number of hydrogen-bond acceptors (Lipinski definition) is 3. The second-order valence-corrected chi connectivity index (χ2v) is 10.7. The first-order valence-corrected chi connectivity index (χ1v) is 11.8. The molecule has 26 heavy (non-hydrogen) atoms. The van der Waals surface area contributed by atoms with Crippen molar-refractivity contribution >= 4 is 21.8 Å². The summed E-state index contributed by atoms with van der Waals surface area (Å²) in [7, 11) is -3.28. The topological polar surface area (TPSA) is 37.4 Å². The van der Waals surface area contributed by atoms with Crippen LogP contribution in [0.25, 0.3) is 0 Å². The second-order valence-electron chi connectivity index (χ2n) is 7.27. The van der Waals surface area contributed by atoms with Crippen molar-refractivity contribution in [2.24, 2.45) is 0 Å². The summed E-state index contributed by atoms with van der Waals surface area (Å²) in [6, 6.07) is 18.2. The third-order valence-corrected chi connectivity index (χ3v) is 9.57. The number of rotatable bonds is 4. The van der Waals surface area contributed by atoms with Gasteiger partial charge in [-0.25, -0.2) is 8.42 Å². The first kappa shape index (κ1) is 18.1. The number of nitrogens with zero attached hydrogens (tertiary/aromatic N) is 1. The Morgan fingerprint density at radius 2 is 1.58 bits per heavy atom. The summed E-state index contributed by atoms with van der Waals surface area (Å²) in [5, 5.41) is 0. The van der Waals surface area contributed by atoms with Gasteiger partial charge in [0.2, 0.25) is 10.0 Å². The van der Waals surface area contributed by atoms with Crippen LogP contribution >= 0.6 is 11.8 Å². The van der Waals surface area contributed by atoms with Gasteiger partial charge in [-0.2, -0.15) is 4.31 Å². The Kier molecular flexibility index (Phi) is 5.13. The van der Waals surface area contributed by atoms with Crippen molar-refractivity contribution in [2.45, 2.75) is 60.6 Å². The van der Waals surface area contributed by atoms with Crippen LogP contribution in [-0.2, 0) is 10.0 Å². The van der Waals surface area contributed by atoms with Crippen LogP contribution in [0.15, 0.2) is 59.5 Å². The fraction of sp³-hybridized carbons (Fsp3) is 0.429. The Hall–Kier alpha value is -1.30. The highest BCUT2D eigenvalue weighted by atomic mass is 32.3. The molecule has 0 N–H and O–H groups in total. The predicted octanol–water partition coefficient (Wildman–Crippen LogP) is 5.13. The molecule has 1 saturated heterocycles. The SMILES string of the molecule is Cc1ccccc1[C@@H]1[C@H](Sc2ccccc2)S(=O)(=O)N1C1CCCCC1. The lowest BCUT2D eigenvalue weighted by molar-refractivity contribution is 0.175. The van der Waals surface area contributed by atoms with E-state index < -0.39 is 14.6 Å². The number of hydrogen-bond donors (Lipinski definition) is 0. The summed E-state index contributed by atoms with van der Waals surface area (Å²) in [5.74, 6) is 0. The molecule has 1 heterocycles. The van der Waals surface area contributed by atoms with Crippen LogP contribution in [0.2, 0.25) is 0 Å². The van der Waals surface area contributed by atoms with E-state index in [0.29, 0.717) is 0 Å². The van der Waals surface area contributed by atoms with Crippen molar-refractivity contribution < 1.29 is 8.42 Å². The quantitative estimate of drug-likeness (QED) is 0.729. The van der Waals surface area contributed by atoms with E-state index in [2.05, 4.69) is 19.1 Å². The highest BCUT2D eigenvalue weighted by Gasteiger charge is 2.57. The van der Waals surface area contributed by atoms with Crippen LogP contribution in [0, 0.1) is 6.92 Å². The summed E-state index contributed by atoms with van der Waals surface area (Å²) in [4.78, 5) is 1.02. The molecule has 0 amide bonds. The summed E-state index contributed by atoms with van der Waals surface area (Å²) < 4.78 is 27.9. The fourth-order valence-corrected chi connectivity index (χ4v) is 8.24. The molecule has 2 aromatic carbocycles. The number of sulfonamides is 1. The lowest BCUT2D eigenvalue weighted by atomic mass is 9.93. The molecular weight excluding hydrogens is 362 g/mol. The van der Waals surface area contributed by atoms with Gasteiger partial charge < -0.3 is 0 Å².